The highest BCUT2D eigenvalue weighted by Crippen LogP contribution is 2.52. The highest BCUT2D eigenvalue weighted by Gasteiger charge is 2.52. The summed E-state index contributed by atoms with van der Waals surface area (Å²) in [6, 6.07) is 20.9. The zero-order chi connectivity index (χ0) is 41.2. The van der Waals surface area contributed by atoms with Gasteiger partial charge < -0.3 is 20.9 Å². The Labute approximate surface area is 352 Å². The third-order valence-electron chi connectivity index (χ3n) is 13.3. The van der Waals surface area contributed by atoms with Gasteiger partial charge in [0.2, 0.25) is 17.8 Å². The highest BCUT2D eigenvalue weighted by molar-refractivity contribution is 6.01. The second kappa shape index (κ2) is 17.1. The average molecular weight is 809 g/mol. The summed E-state index contributed by atoms with van der Waals surface area (Å²) in [6.07, 6.45) is 10.0. The van der Waals surface area contributed by atoms with Crippen LogP contribution in [0.3, 0.4) is 0 Å². The van der Waals surface area contributed by atoms with Gasteiger partial charge in [0.15, 0.2) is 0 Å². The minimum Gasteiger partial charge on any atom is -0.369 e. The number of nitrogens with one attached hydrogen (secondary N) is 4. The maximum absolute atomic E-state index is 13.1. The molecule has 0 bridgehead atoms. The molecule has 2 aromatic carbocycles. The third kappa shape index (κ3) is 8.64. The Kier molecular flexibility index (Phi) is 11.4. The average Bonchev–Trinajstić information content (AvgIpc) is 3.64. The van der Waals surface area contributed by atoms with E-state index in [2.05, 4.69) is 96.9 Å². The van der Waals surface area contributed by atoms with Crippen LogP contribution in [0, 0.1) is 11.3 Å². The van der Waals surface area contributed by atoms with Gasteiger partial charge in [0, 0.05) is 94.5 Å². The zero-order valence-corrected chi connectivity index (χ0v) is 34.6. The van der Waals surface area contributed by atoms with Crippen molar-refractivity contribution in [3.63, 3.8) is 0 Å². The number of carbonyl (C=O) groups excluding carboxylic acids is 3. The van der Waals surface area contributed by atoms with Crippen LogP contribution in [0.5, 0.6) is 0 Å². The molecule has 5 heterocycles. The largest absolute Gasteiger partial charge is 0.369 e. The van der Waals surface area contributed by atoms with Gasteiger partial charge >= 0.3 is 0 Å². The van der Waals surface area contributed by atoms with E-state index in [1.807, 2.05) is 18.2 Å². The minimum absolute atomic E-state index is 0.169. The van der Waals surface area contributed by atoms with Crippen molar-refractivity contribution < 1.29 is 14.4 Å². The maximum Gasteiger partial charge on any atom is 0.256 e. The van der Waals surface area contributed by atoms with E-state index in [-0.39, 0.29) is 23.6 Å². The quantitative estimate of drug-likeness (QED) is 0.0845. The summed E-state index contributed by atoms with van der Waals surface area (Å²) < 4.78 is 0. The number of hydrogen-bond donors (Lipinski definition) is 4. The Morgan fingerprint density at radius 1 is 0.950 bits per heavy atom. The third-order valence-corrected chi connectivity index (χ3v) is 13.3. The van der Waals surface area contributed by atoms with Crippen molar-refractivity contribution in [1.29, 1.82) is 0 Å². The molecular formula is C47H56N10O3. The van der Waals surface area contributed by atoms with E-state index in [1.54, 1.807) is 12.3 Å². The Morgan fingerprint density at radius 2 is 1.77 bits per heavy atom. The SMILES string of the molecule is C=CCNC(=O)c1cnc(Nc2ccc(N3CCN(CC4CC5(C4)CN(Cc4cccc(C6CCC(=O)NC6=O)c4)C5)CC3)cc2)nc1Nc1ccc2c(n1)C(CC)CC2. The number of amides is 3. The van der Waals surface area contributed by atoms with Crippen LogP contribution in [0.25, 0.3) is 0 Å². The number of aryl methyl sites for hydroxylation is 1. The predicted molar refractivity (Wildman–Crippen MR) is 234 cm³/mol. The van der Waals surface area contributed by atoms with Crippen LogP contribution >= 0.6 is 0 Å². The lowest BCUT2D eigenvalue weighted by Crippen LogP contribution is -2.63. The highest BCUT2D eigenvalue weighted by atomic mass is 16.2. The molecule has 2 atom stereocenters. The fourth-order valence-corrected chi connectivity index (χ4v) is 10.3. The molecule has 2 aliphatic carbocycles. The predicted octanol–water partition coefficient (Wildman–Crippen LogP) is 6.27. The lowest BCUT2D eigenvalue weighted by molar-refractivity contribution is -0.134. The fraction of sp³-hybridized carbons (Fsp3) is 0.447. The standard InChI is InChI=1S/C47H56N10O3/c1-3-18-48-44(59)39-26-49-46(54-43(39)52-40-16-10-34-9-8-33(4-2)42(34)51-40)50-36-11-13-37(14-12-36)57-21-19-55(20-22-57)28-32-24-47(25-32)29-56(30-47)27-31-6-5-7-35(23-31)38-15-17-41(58)53-45(38)60/h3,5-7,10-14,16,23,26,32-33,38H,1,4,8-9,15,17-22,24-25,27-30H2,2H3,(H,48,59)(H,53,58,60)(H2,49,50,51,52,54). The van der Waals surface area contributed by atoms with E-state index in [1.165, 1.54) is 36.2 Å². The number of fused-ring (bicyclic) bond motifs is 1. The summed E-state index contributed by atoms with van der Waals surface area (Å²) in [5, 5.41) is 12.0. The molecule has 5 aliphatic rings. The summed E-state index contributed by atoms with van der Waals surface area (Å²) in [7, 11) is 0. The number of piperazine rings is 1. The van der Waals surface area contributed by atoms with Gasteiger partial charge in [-0.1, -0.05) is 43.3 Å². The van der Waals surface area contributed by atoms with Crippen LogP contribution in [0.1, 0.15) is 90.0 Å². The zero-order valence-electron chi connectivity index (χ0n) is 34.6. The van der Waals surface area contributed by atoms with Crippen molar-refractivity contribution in [3.05, 3.63) is 107 Å². The summed E-state index contributed by atoms with van der Waals surface area (Å²) in [5.41, 5.74) is 7.56. The smallest absolute Gasteiger partial charge is 0.256 e. The molecule has 4 aromatic rings. The number of nitrogens with zero attached hydrogens (tertiary/aromatic N) is 6. The molecule has 60 heavy (non-hydrogen) atoms. The molecule has 1 saturated carbocycles. The number of pyridine rings is 1. The Morgan fingerprint density at radius 3 is 2.53 bits per heavy atom. The summed E-state index contributed by atoms with van der Waals surface area (Å²) in [6.45, 7) is 14.8. The van der Waals surface area contributed by atoms with Crippen molar-refractivity contribution in [1.82, 2.24) is 35.4 Å². The van der Waals surface area contributed by atoms with Crippen molar-refractivity contribution in [3.8, 4) is 0 Å². The van der Waals surface area contributed by atoms with Gasteiger partial charge in [0.05, 0.1) is 5.92 Å². The van der Waals surface area contributed by atoms with E-state index in [4.69, 9.17) is 9.97 Å². The second-order valence-corrected chi connectivity index (χ2v) is 17.6. The first-order valence-corrected chi connectivity index (χ1v) is 21.8. The summed E-state index contributed by atoms with van der Waals surface area (Å²) in [4.78, 5) is 58.9. The molecule has 9 rings (SSSR count). The lowest BCUT2D eigenvalue weighted by atomic mass is 9.57. The van der Waals surface area contributed by atoms with Crippen LogP contribution in [0.2, 0.25) is 0 Å². The van der Waals surface area contributed by atoms with Gasteiger partial charge in [-0.15, -0.1) is 6.58 Å². The second-order valence-electron chi connectivity index (χ2n) is 17.6. The van der Waals surface area contributed by atoms with E-state index >= 15 is 0 Å². The molecule has 13 nitrogen and oxygen atoms in total. The number of carbonyl (C=O) groups is 3. The molecule has 13 heteroatoms. The number of aromatic nitrogens is 3. The van der Waals surface area contributed by atoms with Crippen LogP contribution in [0.15, 0.2) is 79.5 Å². The molecule has 4 fully saturated rings. The molecule has 2 aromatic heterocycles. The first-order valence-electron chi connectivity index (χ1n) is 21.8. The Bertz CT molecular complexity index is 2240. The van der Waals surface area contributed by atoms with Crippen LogP contribution in [-0.4, -0.2) is 94.8 Å². The van der Waals surface area contributed by atoms with Gasteiger partial charge in [-0.25, -0.2) is 9.97 Å². The van der Waals surface area contributed by atoms with Crippen LogP contribution < -0.4 is 26.2 Å². The number of piperidine rings is 1. The molecule has 4 N–H and O–H groups in total. The molecule has 3 amide bonds. The van der Waals surface area contributed by atoms with Gasteiger partial charge in [-0.3, -0.25) is 29.5 Å². The molecule has 3 aliphatic heterocycles. The molecule has 312 valence electrons. The Hall–Kier alpha value is -5.66. The van der Waals surface area contributed by atoms with Gasteiger partial charge in [-0.05, 0) is 96.9 Å². The molecule has 0 radical (unpaired) electrons. The van der Waals surface area contributed by atoms with Gasteiger partial charge in [0.25, 0.3) is 5.91 Å². The fourth-order valence-electron chi connectivity index (χ4n) is 10.3. The lowest BCUT2D eigenvalue weighted by Gasteiger charge is -2.60. The molecule has 1 spiro atoms. The van der Waals surface area contributed by atoms with Crippen molar-refractivity contribution >= 4 is 46.7 Å². The number of imide groups is 1. The van der Waals surface area contributed by atoms with E-state index in [0.717, 1.165) is 87.9 Å². The van der Waals surface area contributed by atoms with E-state index in [9.17, 15) is 14.4 Å². The van der Waals surface area contributed by atoms with E-state index in [0.29, 0.717) is 53.9 Å². The van der Waals surface area contributed by atoms with Crippen LogP contribution in [0.4, 0.5) is 29.0 Å². The van der Waals surface area contributed by atoms with Crippen molar-refractivity contribution in [2.75, 3.05) is 67.9 Å². The molecule has 3 saturated heterocycles. The molecular weight excluding hydrogens is 753 g/mol. The summed E-state index contributed by atoms with van der Waals surface area (Å²) >= 11 is 0. The number of anilines is 5. The number of likely N-dealkylation sites (tertiary alicyclic amines) is 1. The normalized spacial score (nSPS) is 21.4. The first-order chi connectivity index (χ1) is 29.2. The van der Waals surface area contributed by atoms with Gasteiger partial charge in [-0.2, -0.15) is 4.98 Å². The summed E-state index contributed by atoms with van der Waals surface area (Å²) in [5.74, 6) is 1.80. The van der Waals surface area contributed by atoms with Gasteiger partial charge in [0.1, 0.15) is 17.2 Å². The Balaban J connectivity index is 0.737. The minimum atomic E-state index is -0.285. The van der Waals surface area contributed by atoms with Crippen LogP contribution in [-0.2, 0) is 22.6 Å². The first kappa shape index (κ1) is 39.8. The van der Waals surface area contributed by atoms with E-state index < -0.39 is 0 Å². The maximum atomic E-state index is 13.1. The van der Waals surface area contributed by atoms with Crippen molar-refractivity contribution in [2.45, 2.75) is 70.3 Å². The topological polar surface area (TPSA) is 148 Å². The van der Waals surface area contributed by atoms with Crippen molar-refractivity contribution in [2.24, 2.45) is 11.3 Å². The number of hydrogen-bond acceptors (Lipinski definition) is 11. The molecule has 2 unspecified atom stereocenters. The monoisotopic (exact) mass is 808 g/mol. The number of rotatable bonds is 14. The number of benzene rings is 2.